The van der Waals surface area contributed by atoms with Gasteiger partial charge in [-0.2, -0.15) is 0 Å². The minimum Gasteiger partial charge on any atom is -0.345 e. The molecule has 0 saturated carbocycles. The fourth-order valence-electron chi connectivity index (χ4n) is 3.54. The molecule has 0 aromatic heterocycles. The van der Waals surface area contributed by atoms with Gasteiger partial charge in [-0.3, -0.25) is 24.0 Å². The standard InChI is InChI=1S/C24H23N2O5S/c1-14(2)11-17(13-27)25-22(29)21(32-15(3)28)16-7-6-8-18(12-16)26-23(30)19-9-4-5-10-20(19)24(26)31/h4-10,12,14,17,21H,11H2,1-3H3,(H,25,29)/t17-,21?/m0/s1. The predicted molar refractivity (Wildman–Crippen MR) is 122 cm³/mol. The fourth-order valence-corrected chi connectivity index (χ4v) is 4.33. The van der Waals surface area contributed by atoms with E-state index in [0.717, 1.165) is 16.7 Å². The number of rotatable bonds is 8. The molecule has 165 valence electrons. The lowest BCUT2D eigenvalue weighted by Gasteiger charge is -2.21. The Morgan fingerprint density at radius 3 is 2.19 bits per heavy atom. The maximum absolute atomic E-state index is 13.0. The summed E-state index contributed by atoms with van der Waals surface area (Å²) in [5, 5.41) is 1.40. The Morgan fingerprint density at radius 2 is 1.66 bits per heavy atom. The summed E-state index contributed by atoms with van der Waals surface area (Å²) < 4.78 is 0. The predicted octanol–water partition coefficient (Wildman–Crippen LogP) is 3.45. The van der Waals surface area contributed by atoms with Gasteiger partial charge in [0.15, 0.2) is 5.12 Å². The zero-order valence-electron chi connectivity index (χ0n) is 18.0. The number of amides is 3. The molecule has 32 heavy (non-hydrogen) atoms. The molecular weight excluding hydrogens is 428 g/mol. The lowest BCUT2D eigenvalue weighted by Crippen LogP contribution is -2.39. The SMILES string of the molecule is CC(=O)SC(C(=O)N[C@H]([C]=O)CC(C)C)c1cccc(N2C(=O)c3ccccc3C2=O)c1. The average molecular weight is 452 g/mol. The van der Waals surface area contributed by atoms with Crippen molar-refractivity contribution in [2.24, 2.45) is 5.92 Å². The van der Waals surface area contributed by atoms with Gasteiger partial charge in [-0.05, 0) is 42.2 Å². The monoisotopic (exact) mass is 451 g/mol. The molecule has 7 nitrogen and oxygen atoms in total. The van der Waals surface area contributed by atoms with E-state index in [2.05, 4.69) is 5.32 Å². The Hall–Kier alpha value is -3.26. The zero-order valence-corrected chi connectivity index (χ0v) is 18.8. The van der Waals surface area contributed by atoms with E-state index < -0.39 is 29.0 Å². The molecule has 1 radical (unpaired) electrons. The highest BCUT2D eigenvalue weighted by Crippen LogP contribution is 2.34. The Bertz CT molecular complexity index is 1050. The molecule has 0 bridgehead atoms. The van der Waals surface area contributed by atoms with E-state index >= 15 is 0 Å². The van der Waals surface area contributed by atoms with Gasteiger partial charge >= 0.3 is 0 Å². The van der Waals surface area contributed by atoms with E-state index in [-0.39, 0.29) is 11.0 Å². The Kier molecular flexibility index (Phi) is 7.25. The number of thioether (sulfide) groups is 1. The number of anilines is 1. The molecular formula is C24H23N2O5S. The van der Waals surface area contributed by atoms with Gasteiger partial charge in [0.1, 0.15) is 5.25 Å². The van der Waals surface area contributed by atoms with Crippen molar-refractivity contribution in [3.63, 3.8) is 0 Å². The third-order valence-corrected chi connectivity index (χ3v) is 5.97. The van der Waals surface area contributed by atoms with E-state index in [9.17, 15) is 24.0 Å². The number of nitrogens with zero attached hydrogens (tertiary/aromatic N) is 1. The van der Waals surface area contributed by atoms with E-state index in [0.29, 0.717) is 28.8 Å². The zero-order chi connectivity index (χ0) is 23.4. The third kappa shape index (κ3) is 4.96. The molecule has 0 aliphatic carbocycles. The Morgan fingerprint density at radius 1 is 1.03 bits per heavy atom. The number of carbonyl (C=O) groups is 4. The number of nitrogens with one attached hydrogen (secondary N) is 1. The Balaban J connectivity index is 1.91. The van der Waals surface area contributed by atoms with Crippen LogP contribution in [0.5, 0.6) is 0 Å². The number of benzene rings is 2. The van der Waals surface area contributed by atoms with Gasteiger partial charge in [-0.15, -0.1) is 0 Å². The van der Waals surface area contributed by atoms with Gasteiger partial charge in [-0.25, -0.2) is 4.90 Å². The first-order valence-corrected chi connectivity index (χ1v) is 11.0. The largest absolute Gasteiger partial charge is 0.345 e. The lowest BCUT2D eigenvalue weighted by atomic mass is 10.0. The van der Waals surface area contributed by atoms with Crippen LogP contribution in [0.3, 0.4) is 0 Å². The molecule has 0 fully saturated rings. The van der Waals surface area contributed by atoms with Crippen LogP contribution < -0.4 is 10.2 Å². The van der Waals surface area contributed by atoms with Crippen LogP contribution in [-0.4, -0.2) is 35.2 Å². The number of fused-ring (bicyclic) bond motifs is 1. The summed E-state index contributed by atoms with van der Waals surface area (Å²) in [6, 6.07) is 12.2. The molecule has 1 heterocycles. The molecule has 8 heteroatoms. The number of hydrogen-bond acceptors (Lipinski definition) is 6. The van der Waals surface area contributed by atoms with Gasteiger partial charge < -0.3 is 5.32 Å². The van der Waals surface area contributed by atoms with Crippen LogP contribution in [0.4, 0.5) is 5.69 Å². The van der Waals surface area contributed by atoms with Crippen molar-refractivity contribution in [3.8, 4) is 0 Å². The molecule has 0 saturated heterocycles. The van der Waals surface area contributed by atoms with Crippen molar-refractivity contribution in [1.82, 2.24) is 5.32 Å². The summed E-state index contributed by atoms with van der Waals surface area (Å²) in [4.78, 5) is 62.8. The summed E-state index contributed by atoms with van der Waals surface area (Å²) >= 11 is 0.803. The van der Waals surface area contributed by atoms with Crippen LogP contribution in [0.15, 0.2) is 48.5 Å². The molecule has 1 N–H and O–H groups in total. The third-order valence-electron chi connectivity index (χ3n) is 4.91. The van der Waals surface area contributed by atoms with Gasteiger partial charge in [0.05, 0.1) is 22.9 Å². The highest BCUT2D eigenvalue weighted by atomic mass is 32.2. The van der Waals surface area contributed by atoms with Crippen LogP contribution >= 0.6 is 11.8 Å². The highest BCUT2D eigenvalue weighted by molar-refractivity contribution is 8.14. The van der Waals surface area contributed by atoms with Gasteiger partial charge in [-0.1, -0.05) is 49.9 Å². The molecule has 1 aliphatic heterocycles. The summed E-state index contributed by atoms with van der Waals surface area (Å²) in [6.45, 7) is 5.18. The van der Waals surface area contributed by atoms with E-state index in [1.165, 1.54) is 6.92 Å². The quantitative estimate of drug-likeness (QED) is 0.617. The molecule has 3 rings (SSSR count). The lowest BCUT2D eigenvalue weighted by molar-refractivity contribution is -0.121. The molecule has 0 spiro atoms. The topological polar surface area (TPSA) is 101 Å². The fraction of sp³-hybridized carbons (Fsp3) is 0.292. The van der Waals surface area contributed by atoms with E-state index in [1.807, 2.05) is 20.1 Å². The number of hydrogen-bond donors (Lipinski definition) is 1. The number of carbonyl (C=O) groups excluding carboxylic acids is 5. The average Bonchev–Trinajstić information content (AvgIpc) is 3.01. The maximum Gasteiger partial charge on any atom is 0.266 e. The second-order valence-corrected chi connectivity index (χ2v) is 9.17. The highest BCUT2D eigenvalue weighted by Gasteiger charge is 2.37. The molecule has 1 aliphatic rings. The normalized spacial score (nSPS) is 14.8. The maximum atomic E-state index is 13.0. The Labute approximate surface area is 190 Å². The summed E-state index contributed by atoms with van der Waals surface area (Å²) in [6.07, 6.45) is 2.25. The van der Waals surface area contributed by atoms with E-state index in [1.54, 1.807) is 48.5 Å². The molecule has 2 aromatic rings. The van der Waals surface area contributed by atoms with Gasteiger partial charge in [0.2, 0.25) is 12.2 Å². The molecule has 2 aromatic carbocycles. The number of imide groups is 1. The second-order valence-electron chi connectivity index (χ2n) is 7.88. The molecule has 1 unspecified atom stereocenters. The smallest absolute Gasteiger partial charge is 0.266 e. The van der Waals surface area contributed by atoms with Crippen molar-refractivity contribution >= 4 is 46.6 Å². The molecule has 3 amide bonds. The van der Waals surface area contributed by atoms with Crippen molar-refractivity contribution in [2.45, 2.75) is 38.5 Å². The molecule has 2 atom stereocenters. The van der Waals surface area contributed by atoms with Crippen LogP contribution in [0.25, 0.3) is 0 Å². The van der Waals surface area contributed by atoms with Gasteiger partial charge in [0.25, 0.3) is 11.8 Å². The summed E-state index contributed by atoms with van der Waals surface area (Å²) in [5.41, 5.74) is 1.36. The second kappa shape index (κ2) is 9.91. The van der Waals surface area contributed by atoms with Crippen LogP contribution in [0.2, 0.25) is 0 Å². The first-order chi connectivity index (χ1) is 15.2. The first-order valence-electron chi connectivity index (χ1n) is 10.2. The van der Waals surface area contributed by atoms with Crippen molar-refractivity contribution < 1.29 is 24.0 Å². The minimum atomic E-state index is -0.953. The van der Waals surface area contributed by atoms with Gasteiger partial charge in [0, 0.05) is 6.92 Å². The van der Waals surface area contributed by atoms with E-state index in [4.69, 9.17) is 0 Å². The van der Waals surface area contributed by atoms with Crippen molar-refractivity contribution in [2.75, 3.05) is 4.90 Å². The first kappa shape index (κ1) is 23.4. The van der Waals surface area contributed by atoms with Crippen LogP contribution in [0.1, 0.15) is 58.7 Å². The van der Waals surface area contributed by atoms with Crippen molar-refractivity contribution in [1.29, 1.82) is 0 Å². The van der Waals surface area contributed by atoms with Crippen LogP contribution in [-0.2, 0) is 14.4 Å². The van der Waals surface area contributed by atoms with Crippen LogP contribution in [0, 0.1) is 5.92 Å². The minimum absolute atomic E-state index is 0.165. The summed E-state index contributed by atoms with van der Waals surface area (Å²) in [5.74, 6) is -1.25. The summed E-state index contributed by atoms with van der Waals surface area (Å²) in [7, 11) is 0. The van der Waals surface area contributed by atoms with Crippen molar-refractivity contribution in [3.05, 3.63) is 65.2 Å².